The Morgan fingerprint density at radius 2 is 2.04 bits per heavy atom. The van der Waals surface area contributed by atoms with Crippen LogP contribution < -0.4 is 0 Å². The van der Waals surface area contributed by atoms with Gasteiger partial charge in [0.15, 0.2) is 0 Å². The minimum atomic E-state index is -0.263. The number of aromatic nitrogens is 1. The summed E-state index contributed by atoms with van der Waals surface area (Å²) >= 11 is 0. The molecule has 1 saturated carbocycles. The van der Waals surface area contributed by atoms with Gasteiger partial charge in [0.2, 0.25) is 11.8 Å². The highest BCUT2D eigenvalue weighted by Crippen LogP contribution is 2.32. The molecule has 5 nitrogen and oxygen atoms in total. The first-order valence-corrected chi connectivity index (χ1v) is 9.97. The Bertz CT molecular complexity index is 916. The van der Waals surface area contributed by atoms with Crippen molar-refractivity contribution in [3.05, 3.63) is 35.3 Å². The van der Waals surface area contributed by atoms with Gasteiger partial charge >= 0.3 is 0 Å². The molecule has 2 fully saturated rings. The van der Waals surface area contributed by atoms with E-state index >= 15 is 0 Å². The average molecular weight is 369 g/mol. The molecule has 2 amide bonds. The van der Waals surface area contributed by atoms with Crippen LogP contribution in [0.3, 0.4) is 0 Å². The summed E-state index contributed by atoms with van der Waals surface area (Å²) in [5.41, 5.74) is 3.02. The van der Waals surface area contributed by atoms with E-state index in [1.807, 2.05) is 9.80 Å². The predicted molar refractivity (Wildman–Crippen MR) is 99.5 cm³/mol. The van der Waals surface area contributed by atoms with Crippen molar-refractivity contribution in [2.75, 3.05) is 13.1 Å². The van der Waals surface area contributed by atoms with Crippen molar-refractivity contribution in [2.45, 2.75) is 51.1 Å². The fourth-order valence-corrected chi connectivity index (χ4v) is 5.10. The fraction of sp³-hybridized carbons (Fsp3) is 0.524. The van der Waals surface area contributed by atoms with Gasteiger partial charge in [-0.15, -0.1) is 0 Å². The third-order valence-corrected chi connectivity index (χ3v) is 6.52. The molecule has 142 valence electrons. The first-order valence-electron chi connectivity index (χ1n) is 9.97. The Balaban J connectivity index is 1.34. The SMILES string of the molecule is O=C([C@H]1CC(=O)N(C2CCCC2)C1)N1CCc2[nH]c3ccc(F)cc3c2C1. The maximum absolute atomic E-state index is 13.7. The smallest absolute Gasteiger partial charge is 0.228 e. The van der Waals surface area contributed by atoms with Gasteiger partial charge in [0.1, 0.15) is 5.82 Å². The van der Waals surface area contributed by atoms with Crippen LogP contribution in [0.1, 0.15) is 43.4 Å². The zero-order valence-electron chi connectivity index (χ0n) is 15.3. The maximum Gasteiger partial charge on any atom is 0.228 e. The van der Waals surface area contributed by atoms with E-state index < -0.39 is 0 Å². The van der Waals surface area contributed by atoms with Crippen LogP contribution in [0, 0.1) is 11.7 Å². The summed E-state index contributed by atoms with van der Waals surface area (Å²) in [5.74, 6) is -0.296. The fourth-order valence-electron chi connectivity index (χ4n) is 5.10. The summed E-state index contributed by atoms with van der Waals surface area (Å²) in [6.45, 7) is 1.70. The van der Waals surface area contributed by atoms with Gasteiger partial charge in [0, 0.05) is 60.7 Å². The molecule has 1 saturated heterocycles. The number of halogens is 1. The molecule has 2 aromatic rings. The second kappa shape index (κ2) is 6.36. The van der Waals surface area contributed by atoms with Gasteiger partial charge in [-0.05, 0) is 31.0 Å². The monoisotopic (exact) mass is 369 g/mol. The predicted octanol–water partition coefficient (Wildman–Crippen LogP) is 2.98. The number of carbonyl (C=O) groups is 2. The highest BCUT2D eigenvalue weighted by Gasteiger charge is 2.40. The van der Waals surface area contributed by atoms with Crippen LogP contribution in [0.2, 0.25) is 0 Å². The summed E-state index contributed by atoms with van der Waals surface area (Å²) in [7, 11) is 0. The van der Waals surface area contributed by atoms with Gasteiger partial charge < -0.3 is 14.8 Å². The van der Waals surface area contributed by atoms with Gasteiger partial charge in [-0.2, -0.15) is 0 Å². The first kappa shape index (κ1) is 16.8. The summed E-state index contributed by atoms with van der Waals surface area (Å²) in [6.07, 6.45) is 5.57. The number of amides is 2. The zero-order valence-corrected chi connectivity index (χ0v) is 15.3. The van der Waals surface area contributed by atoms with E-state index in [0.29, 0.717) is 32.1 Å². The number of nitrogens with one attached hydrogen (secondary N) is 1. The molecule has 27 heavy (non-hydrogen) atoms. The van der Waals surface area contributed by atoms with Crippen LogP contribution in [0.15, 0.2) is 18.2 Å². The maximum atomic E-state index is 13.7. The van der Waals surface area contributed by atoms with Crippen molar-refractivity contribution in [2.24, 2.45) is 5.92 Å². The topological polar surface area (TPSA) is 56.4 Å². The molecule has 1 aromatic heterocycles. The third kappa shape index (κ3) is 2.82. The van der Waals surface area contributed by atoms with Crippen molar-refractivity contribution in [3.63, 3.8) is 0 Å². The van der Waals surface area contributed by atoms with Crippen LogP contribution in [0.4, 0.5) is 4.39 Å². The van der Waals surface area contributed by atoms with Crippen LogP contribution in [-0.2, 0) is 22.6 Å². The molecule has 0 spiro atoms. The van der Waals surface area contributed by atoms with Crippen LogP contribution in [-0.4, -0.2) is 45.7 Å². The minimum absolute atomic E-state index is 0.0697. The Morgan fingerprint density at radius 1 is 1.22 bits per heavy atom. The van der Waals surface area contributed by atoms with Gasteiger partial charge in [0.05, 0.1) is 5.92 Å². The van der Waals surface area contributed by atoms with E-state index in [1.165, 1.54) is 18.9 Å². The lowest BCUT2D eigenvalue weighted by Crippen LogP contribution is -2.41. The van der Waals surface area contributed by atoms with Gasteiger partial charge in [-0.25, -0.2) is 4.39 Å². The lowest BCUT2D eigenvalue weighted by Gasteiger charge is -2.30. The molecule has 0 unspecified atom stereocenters. The number of H-pyrrole nitrogens is 1. The Hall–Kier alpha value is -2.37. The van der Waals surface area contributed by atoms with E-state index in [9.17, 15) is 14.0 Å². The van der Waals surface area contributed by atoms with Crippen molar-refractivity contribution >= 4 is 22.7 Å². The molecular formula is C21H24FN3O2. The molecule has 6 heteroatoms. The summed E-state index contributed by atoms with van der Waals surface area (Å²) < 4.78 is 13.7. The normalized spacial score (nSPS) is 23.4. The molecule has 1 aliphatic carbocycles. The van der Waals surface area contributed by atoms with E-state index in [1.54, 1.807) is 12.1 Å². The molecule has 5 rings (SSSR count). The zero-order chi connectivity index (χ0) is 18.5. The Labute approximate surface area is 157 Å². The first-order chi connectivity index (χ1) is 13.1. The largest absolute Gasteiger partial charge is 0.358 e. The van der Waals surface area contributed by atoms with Crippen molar-refractivity contribution in [1.29, 1.82) is 0 Å². The van der Waals surface area contributed by atoms with E-state index in [2.05, 4.69) is 4.98 Å². The van der Waals surface area contributed by atoms with Crippen LogP contribution in [0.5, 0.6) is 0 Å². The highest BCUT2D eigenvalue weighted by molar-refractivity contribution is 5.90. The second-order valence-electron chi connectivity index (χ2n) is 8.17. The van der Waals surface area contributed by atoms with Crippen molar-refractivity contribution in [3.8, 4) is 0 Å². The Morgan fingerprint density at radius 3 is 2.85 bits per heavy atom. The molecule has 1 N–H and O–H groups in total. The molecule has 1 aromatic carbocycles. The molecule has 1 atom stereocenters. The summed E-state index contributed by atoms with van der Waals surface area (Å²) in [4.78, 5) is 32.7. The second-order valence-corrected chi connectivity index (χ2v) is 8.17. The minimum Gasteiger partial charge on any atom is -0.358 e. The molecule has 0 radical (unpaired) electrons. The number of hydrogen-bond donors (Lipinski definition) is 1. The molecule has 2 aliphatic heterocycles. The number of nitrogens with zero attached hydrogens (tertiary/aromatic N) is 2. The lowest BCUT2D eigenvalue weighted by molar-refractivity contribution is -0.136. The number of fused-ring (bicyclic) bond motifs is 3. The quantitative estimate of drug-likeness (QED) is 0.885. The van der Waals surface area contributed by atoms with Crippen molar-refractivity contribution in [1.82, 2.24) is 14.8 Å². The summed E-state index contributed by atoms with van der Waals surface area (Å²) in [6, 6.07) is 5.08. The third-order valence-electron chi connectivity index (χ3n) is 6.52. The molecule has 3 aliphatic rings. The van der Waals surface area contributed by atoms with E-state index in [4.69, 9.17) is 0 Å². The van der Waals surface area contributed by atoms with Crippen LogP contribution in [0.25, 0.3) is 10.9 Å². The molecular weight excluding hydrogens is 345 g/mol. The standard InChI is InChI=1S/C21H24FN3O2/c22-14-5-6-18-16(10-14)17-12-24(8-7-19(17)23-18)21(27)13-9-20(26)25(11-13)15-3-1-2-4-15/h5-6,10,13,15,23H,1-4,7-9,11-12H2/t13-/m0/s1. The lowest BCUT2D eigenvalue weighted by atomic mass is 10.0. The number of rotatable bonds is 2. The number of carbonyl (C=O) groups excluding carboxylic acids is 2. The summed E-state index contributed by atoms with van der Waals surface area (Å²) in [5, 5.41) is 0.859. The number of hydrogen-bond acceptors (Lipinski definition) is 2. The highest BCUT2D eigenvalue weighted by atomic mass is 19.1. The number of benzene rings is 1. The van der Waals surface area contributed by atoms with Gasteiger partial charge in [0.25, 0.3) is 0 Å². The number of aromatic amines is 1. The van der Waals surface area contributed by atoms with Gasteiger partial charge in [-0.3, -0.25) is 9.59 Å². The van der Waals surface area contributed by atoms with Gasteiger partial charge in [-0.1, -0.05) is 12.8 Å². The van der Waals surface area contributed by atoms with E-state index in [0.717, 1.165) is 41.4 Å². The average Bonchev–Trinajstić information content (AvgIpc) is 3.38. The Kier molecular flexibility index (Phi) is 3.95. The van der Waals surface area contributed by atoms with Crippen molar-refractivity contribution < 1.29 is 14.0 Å². The van der Waals surface area contributed by atoms with E-state index in [-0.39, 0.29) is 23.5 Å². The van der Waals surface area contributed by atoms with Crippen LogP contribution >= 0.6 is 0 Å². The molecule has 3 heterocycles. The molecule has 0 bridgehead atoms. The number of likely N-dealkylation sites (tertiary alicyclic amines) is 1.